The molecule has 0 spiro atoms. The molecule has 0 saturated heterocycles. The minimum absolute atomic E-state index is 0.0144. The summed E-state index contributed by atoms with van der Waals surface area (Å²) in [6.45, 7) is 3.37. The molecule has 0 aliphatic heterocycles. The van der Waals surface area contributed by atoms with Crippen LogP contribution in [0.3, 0.4) is 0 Å². The SMILES string of the molecule is Cc1cc([N+](=O)[O-])ccc1Oc1cc([C@@H](C)O)ccn1. The molecular formula is C14H14N2O4. The van der Waals surface area contributed by atoms with Gasteiger partial charge in [0.25, 0.3) is 5.69 Å². The van der Waals surface area contributed by atoms with Crippen LogP contribution >= 0.6 is 0 Å². The largest absolute Gasteiger partial charge is 0.439 e. The fourth-order valence-corrected chi connectivity index (χ4v) is 1.71. The molecule has 0 bridgehead atoms. The van der Waals surface area contributed by atoms with Crippen LogP contribution in [-0.2, 0) is 0 Å². The Morgan fingerprint density at radius 1 is 1.35 bits per heavy atom. The summed E-state index contributed by atoms with van der Waals surface area (Å²) in [5.41, 5.74) is 1.35. The summed E-state index contributed by atoms with van der Waals surface area (Å²) in [6, 6.07) is 7.67. The van der Waals surface area contributed by atoms with Gasteiger partial charge < -0.3 is 9.84 Å². The summed E-state index contributed by atoms with van der Waals surface area (Å²) in [6.07, 6.45) is 0.927. The van der Waals surface area contributed by atoms with Gasteiger partial charge in [-0.2, -0.15) is 0 Å². The lowest BCUT2D eigenvalue weighted by Gasteiger charge is -2.09. The zero-order chi connectivity index (χ0) is 14.7. The molecule has 0 amide bonds. The first-order valence-electron chi connectivity index (χ1n) is 6.04. The lowest BCUT2D eigenvalue weighted by molar-refractivity contribution is -0.384. The number of aliphatic hydroxyl groups excluding tert-OH is 1. The van der Waals surface area contributed by atoms with E-state index in [1.807, 2.05) is 0 Å². The molecule has 0 unspecified atom stereocenters. The molecule has 1 aromatic heterocycles. The van der Waals surface area contributed by atoms with Crippen molar-refractivity contribution >= 4 is 5.69 Å². The molecule has 0 aliphatic carbocycles. The number of rotatable bonds is 4. The highest BCUT2D eigenvalue weighted by atomic mass is 16.6. The molecule has 1 atom stereocenters. The number of aryl methyl sites for hydroxylation is 1. The number of nitrogens with zero attached hydrogens (tertiary/aromatic N) is 2. The Bertz CT molecular complexity index is 641. The van der Waals surface area contributed by atoms with Gasteiger partial charge in [0.15, 0.2) is 0 Å². The molecule has 1 aromatic carbocycles. The number of aliphatic hydroxyl groups is 1. The molecule has 1 heterocycles. The van der Waals surface area contributed by atoms with Crippen molar-refractivity contribution in [2.24, 2.45) is 0 Å². The fourth-order valence-electron chi connectivity index (χ4n) is 1.71. The highest BCUT2D eigenvalue weighted by Gasteiger charge is 2.10. The Morgan fingerprint density at radius 2 is 2.10 bits per heavy atom. The van der Waals surface area contributed by atoms with Crippen molar-refractivity contribution in [2.45, 2.75) is 20.0 Å². The summed E-state index contributed by atoms with van der Waals surface area (Å²) in [4.78, 5) is 14.3. The van der Waals surface area contributed by atoms with E-state index in [2.05, 4.69) is 4.98 Å². The van der Waals surface area contributed by atoms with E-state index < -0.39 is 11.0 Å². The van der Waals surface area contributed by atoms with Crippen LogP contribution in [0.4, 0.5) is 5.69 Å². The van der Waals surface area contributed by atoms with Crippen molar-refractivity contribution in [2.75, 3.05) is 0 Å². The van der Waals surface area contributed by atoms with Crippen LogP contribution < -0.4 is 4.74 Å². The number of aromatic nitrogens is 1. The van der Waals surface area contributed by atoms with E-state index in [1.165, 1.54) is 24.4 Å². The van der Waals surface area contributed by atoms with Gasteiger partial charge in [0, 0.05) is 24.4 Å². The predicted octanol–water partition coefficient (Wildman–Crippen LogP) is 3.14. The Hall–Kier alpha value is -2.47. The van der Waals surface area contributed by atoms with Gasteiger partial charge in [0.05, 0.1) is 11.0 Å². The van der Waals surface area contributed by atoms with E-state index >= 15 is 0 Å². The van der Waals surface area contributed by atoms with Crippen LogP contribution in [-0.4, -0.2) is 15.0 Å². The summed E-state index contributed by atoms with van der Waals surface area (Å²) in [5, 5.41) is 20.2. The molecule has 6 heteroatoms. The zero-order valence-electron chi connectivity index (χ0n) is 11.1. The van der Waals surface area contributed by atoms with Crippen LogP contribution in [0.2, 0.25) is 0 Å². The standard InChI is InChI=1S/C14H14N2O4/c1-9-7-12(16(18)19)3-4-13(9)20-14-8-11(10(2)17)5-6-15-14/h3-8,10,17H,1-2H3/t10-/m1/s1. The number of benzene rings is 1. The lowest BCUT2D eigenvalue weighted by atomic mass is 10.2. The average molecular weight is 274 g/mol. The Kier molecular flexibility index (Phi) is 3.95. The molecular weight excluding hydrogens is 260 g/mol. The minimum atomic E-state index is -0.613. The third-order valence-corrected chi connectivity index (χ3v) is 2.83. The Morgan fingerprint density at radius 3 is 2.70 bits per heavy atom. The maximum absolute atomic E-state index is 10.7. The van der Waals surface area contributed by atoms with Crippen LogP contribution in [0.1, 0.15) is 24.2 Å². The summed E-state index contributed by atoms with van der Waals surface area (Å²) in [5.74, 6) is 0.825. The van der Waals surface area contributed by atoms with Gasteiger partial charge >= 0.3 is 0 Å². The van der Waals surface area contributed by atoms with E-state index in [4.69, 9.17) is 4.74 Å². The van der Waals surface area contributed by atoms with Crippen molar-refractivity contribution in [3.05, 3.63) is 57.8 Å². The molecule has 1 N–H and O–H groups in total. The molecule has 0 radical (unpaired) electrons. The summed E-state index contributed by atoms with van der Waals surface area (Å²) in [7, 11) is 0. The quantitative estimate of drug-likeness (QED) is 0.683. The number of hydrogen-bond acceptors (Lipinski definition) is 5. The van der Waals surface area contributed by atoms with Crippen molar-refractivity contribution in [1.29, 1.82) is 0 Å². The molecule has 0 aliphatic rings. The van der Waals surface area contributed by atoms with E-state index in [9.17, 15) is 15.2 Å². The minimum Gasteiger partial charge on any atom is -0.439 e. The fraction of sp³-hybridized carbons (Fsp3) is 0.214. The molecule has 2 aromatic rings. The number of hydrogen-bond donors (Lipinski definition) is 1. The van der Waals surface area contributed by atoms with E-state index in [-0.39, 0.29) is 5.69 Å². The molecule has 0 saturated carbocycles. The van der Waals surface area contributed by atoms with Crippen LogP contribution in [0.15, 0.2) is 36.5 Å². The topological polar surface area (TPSA) is 85.5 Å². The number of non-ortho nitro benzene ring substituents is 1. The predicted molar refractivity (Wildman–Crippen MR) is 72.8 cm³/mol. The number of nitro groups is 1. The van der Waals surface area contributed by atoms with Gasteiger partial charge in [0.1, 0.15) is 5.75 Å². The molecule has 0 fully saturated rings. The molecule has 6 nitrogen and oxygen atoms in total. The average Bonchev–Trinajstić information content (AvgIpc) is 2.41. The highest BCUT2D eigenvalue weighted by Crippen LogP contribution is 2.28. The van der Waals surface area contributed by atoms with Gasteiger partial charge in [-0.05, 0) is 37.1 Å². The van der Waals surface area contributed by atoms with E-state index in [1.54, 1.807) is 26.0 Å². The van der Waals surface area contributed by atoms with Crippen molar-refractivity contribution < 1.29 is 14.8 Å². The summed E-state index contributed by atoms with van der Waals surface area (Å²) >= 11 is 0. The van der Waals surface area contributed by atoms with Crippen molar-refractivity contribution in [1.82, 2.24) is 4.98 Å². The monoisotopic (exact) mass is 274 g/mol. The van der Waals surface area contributed by atoms with Gasteiger partial charge in [0.2, 0.25) is 5.88 Å². The normalized spacial score (nSPS) is 11.9. The maximum atomic E-state index is 10.7. The first kappa shape index (κ1) is 14.0. The van der Waals surface area contributed by atoms with Crippen molar-refractivity contribution in [3.8, 4) is 11.6 Å². The Balaban J connectivity index is 2.26. The van der Waals surface area contributed by atoms with Gasteiger partial charge in [-0.25, -0.2) is 4.98 Å². The molecule has 104 valence electrons. The second-order valence-electron chi connectivity index (χ2n) is 4.41. The van der Waals surface area contributed by atoms with Gasteiger partial charge in [-0.15, -0.1) is 0 Å². The Labute approximate surface area is 115 Å². The number of pyridine rings is 1. The number of nitro benzene ring substituents is 1. The lowest BCUT2D eigenvalue weighted by Crippen LogP contribution is -1.96. The third-order valence-electron chi connectivity index (χ3n) is 2.83. The van der Waals surface area contributed by atoms with Crippen LogP contribution in [0.25, 0.3) is 0 Å². The molecule has 20 heavy (non-hydrogen) atoms. The van der Waals surface area contributed by atoms with Gasteiger partial charge in [-0.1, -0.05) is 0 Å². The maximum Gasteiger partial charge on any atom is 0.269 e. The van der Waals surface area contributed by atoms with E-state index in [0.29, 0.717) is 22.8 Å². The zero-order valence-corrected chi connectivity index (χ0v) is 11.1. The highest BCUT2D eigenvalue weighted by molar-refractivity contribution is 5.44. The van der Waals surface area contributed by atoms with Gasteiger partial charge in [-0.3, -0.25) is 10.1 Å². The van der Waals surface area contributed by atoms with Crippen LogP contribution in [0.5, 0.6) is 11.6 Å². The molecule has 2 rings (SSSR count). The first-order valence-corrected chi connectivity index (χ1v) is 6.04. The van der Waals surface area contributed by atoms with Crippen molar-refractivity contribution in [3.63, 3.8) is 0 Å². The second-order valence-corrected chi connectivity index (χ2v) is 4.41. The van der Waals surface area contributed by atoms with E-state index in [0.717, 1.165) is 0 Å². The second kappa shape index (κ2) is 5.66. The number of ether oxygens (including phenoxy) is 1. The summed E-state index contributed by atoms with van der Waals surface area (Å²) < 4.78 is 5.59. The first-order chi connectivity index (χ1) is 9.47. The smallest absolute Gasteiger partial charge is 0.269 e. The van der Waals surface area contributed by atoms with Crippen LogP contribution in [0, 0.1) is 17.0 Å². The third kappa shape index (κ3) is 3.10.